The minimum absolute atomic E-state index is 0.0709. The number of carbonyl (C=O) groups excluding carboxylic acids is 1. The Labute approximate surface area is 141 Å². The van der Waals surface area contributed by atoms with Gasteiger partial charge in [0.05, 0.1) is 5.69 Å². The van der Waals surface area contributed by atoms with Crippen molar-refractivity contribution in [2.75, 3.05) is 0 Å². The van der Waals surface area contributed by atoms with Crippen LogP contribution in [0.4, 0.5) is 0 Å². The summed E-state index contributed by atoms with van der Waals surface area (Å²) in [4.78, 5) is 16.6. The van der Waals surface area contributed by atoms with Gasteiger partial charge in [0.2, 0.25) is 0 Å². The number of nitrogens with zero attached hydrogens (tertiary/aromatic N) is 3. The summed E-state index contributed by atoms with van der Waals surface area (Å²) in [6.45, 7) is 4.40. The number of benzene rings is 1. The molecule has 1 aromatic carbocycles. The zero-order chi connectivity index (χ0) is 17.1. The molecule has 0 saturated carbocycles. The lowest BCUT2D eigenvalue weighted by atomic mass is 10.1. The summed E-state index contributed by atoms with van der Waals surface area (Å²) in [5.41, 5.74) is 5.76. The molecule has 0 aliphatic carbocycles. The Morgan fingerprint density at radius 1 is 1.17 bits per heavy atom. The lowest BCUT2D eigenvalue weighted by Gasteiger charge is -2.09. The second-order valence-electron chi connectivity index (χ2n) is 5.92. The molecule has 0 bridgehead atoms. The fraction of sp³-hybridized carbons (Fsp3) is 0.211. The van der Waals surface area contributed by atoms with Gasteiger partial charge in [0.15, 0.2) is 0 Å². The number of amides is 1. The van der Waals surface area contributed by atoms with Crippen LogP contribution in [0.5, 0.6) is 0 Å². The molecular weight excluding hydrogens is 300 g/mol. The van der Waals surface area contributed by atoms with Gasteiger partial charge in [0.1, 0.15) is 0 Å². The fourth-order valence-electron chi connectivity index (χ4n) is 2.73. The number of rotatable bonds is 4. The van der Waals surface area contributed by atoms with Gasteiger partial charge in [0.25, 0.3) is 5.91 Å². The van der Waals surface area contributed by atoms with Crippen molar-refractivity contribution in [3.8, 4) is 11.3 Å². The number of aromatic nitrogens is 3. The molecule has 0 saturated heterocycles. The Bertz CT molecular complexity index is 883. The van der Waals surface area contributed by atoms with Crippen LogP contribution in [-0.4, -0.2) is 20.7 Å². The summed E-state index contributed by atoms with van der Waals surface area (Å²) in [5.74, 6) is -0.0709. The quantitative estimate of drug-likeness (QED) is 0.804. The van der Waals surface area contributed by atoms with Crippen molar-refractivity contribution in [3.63, 3.8) is 0 Å². The summed E-state index contributed by atoms with van der Waals surface area (Å²) in [7, 11) is 1.89. The maximum absolute atomic E-state index is 12.4. The Hall–Kier alpha value is -2.95. The Morgan fingerprint density at radius 3 is 2.71 bits per heavy atom. The summed E-state index contributed by atoms with van der Waals surface area (Å²) in [5, 5.41) is 7.13. The van der Waals surface area contributed by atoms with Crippen LogP contribution in [0.2, 0.25) is 0 Å². The van der Waals surface area contributed by atoms with Gasteiger partial charge in [-0.3, -0.25) is 14.5 Å². The molecule has 0 aliphatic rings. The van der Waals surface area contributed by atoms with Gasteiger partial charge < -0.3 is 5.32 Å². The Morgan fingerprint density at radius 2 is 2.00 bits per heavy atom. The number of hydrogen-bond donors (Lipinski definition) is 1. The molecular formula is C19H20N4O. The van der Waals surface area contributed by atoms with Gasteiger partial charge in [-0.25, -0.2) is 0 Å². The second-order valence-corrected chi connectivity index (χ2v) is 5.92. The van der Waals surface area contributed by atoms with Crippen LogP contribution < -0.4 is 5.32 Å². The third kappa shape index (κ3) is 3.35. The first-order chi connectivity index (χ1) is 11.5. The van der Waals surface area contributed by atoms with Crippen molar-refractivity contribution < 1.29 is 4.79 Å². The summed E-state index contributed by atoms with van der Waals surface area (Å²) >= 11 is 0. The summed E-state index contributed by atoms with van der Waals surface area (Å²) < 4.78 is 1.80. The van der Waals surface area contributed by atoms with E-state index in [9.17, 15) is 4.79 Å². The Kier molecular flexibility index (Phi) is 4.42. The van der Waals surface area contributed by atoms with Crippen molar-refractivity contribution >= 4 is 5.91 Å². The zero-order valence-electron chi connectivity index (χ0n) is 14.1. The largest absolute Gasteiger partial charge is 0.348 e. The van der Waals surface area contributed by atoms with Gasteiger partial charge in [0, 0.05) is 43.3 Å². The van der Waals surface area contributed by atoms with E-state index in [-0.39, 0.29) is 5.91 Å². The second kappa shape index (κ2) is 6.66. The molecule has 24 heavy (non-hydrogen) atoms. The molecule has 0 unspecified atom stereocenters. The maximum atomic E-state index is 12.4. The zero-order valence-corrected chi connectivity index (χ0v) is 14.1. The van der Waals surface area contributed by atoms with E-state index in [1.165, 1.54) is 0 Å². The number of pyridine rings is 1. The number of carbonyl (C=O) groups is 1. The van der Waals surface area contributed by atoms with Crippen LogP contribution >= 0.6 is 0 Å². The molecule has 3 rings (SSSR count). The van der Waals surface area contributed by atoms with E-state index in [1.54, 1.807) is 23.3 Å². The minimum Gasteiger partial charge on any atom is -0.348 e. The molecule has 3 aromatic rings. The number of aryl methyl sites for hydroxylation is 3. The molecule has 0 aliphatic heterocycles. The van der Waals surface area contributed by atoms with Gasteiger partial charge in [-0.15, -0.1) is 0 Å². The first-order valence-electron chi connectivity index (χ1n) is 7.82. The molecule has 2 heterocycles. The van der Waals surface area contributed by atoms with E-state index in [0.29, 0.717) is 12.1 Å². The highest BCUT2D eigenvalue weighted by atomic mass is 16.1. The number of hydrogen-bond acceptors (Lipinski definition) is 3. The van der Waals surface area contributed by atoms with Crippen molar-refractivity contribution in [1.82, 2.24) is 20.1 Å². The molecule has 0 spiro atoms. The van der Waals surface area contributed by atoms with E-state index in [1.807, 2.05) is 51.2 Å². The highest BCUT2D eigenvalue weighted by Gasteiger charge is 2.09. The van der Waals surface area contributed by atoms with Gasteiger partial charge in [-0.1, -0.05) is 17.7 Å². The summed E-state index contributed by atoms with van der Waals surface area (Å²) in [6, 6.07) is 9.79. The van der Waals surface area contributed by atoms with E-state index in [4.69, 9.17) is 0 Å². The average Bonchev–Trinajstić information content (AvgIpc) is 2.99. The van der Waals surface area contributed by atoms with Crippen LogP contribution in [-0.2, 0) is 13.6 Å². The van der Waals surface area contributed by atoms with Crippen LogP contribution in [0, 0.1) is 13.8 Å². The normalized spacial score (nSPS) is 10.6. The average molecular weight is 320 g/mol. The van der Waals surface area contributed by atoms with Crippen molar-refractivity contribution in [2.24, 2.45) is 7.05 Å². The molecule has 0 radical (unpaired) electrons. The minimum atomic E-state index is -0.0709. The molecule has 1 N–H and O–H groups in total. The molecule has 1 amide bonds. The Balaban J connectivity index is 1.73. The van der Waals surface area contributed by atoms with Crippen molar-refractivity contribution in [3.05, 3.63) is 71.2 Å². The topological polar surface area (TPSA) is 59.8 Å². The highest BCUT2D eigenvalue weighted by molar-refractivity contribution is 5.95. The van der Waals surface area contributed by atoms with Gasteiger partial charge in [-0.2, -0.15) is 5.10 Å². The van der Waals surface area contributed by atoms with E-state index < -0.39 is 0 Å². The molecule has 122 valence electrons. The third-order valence-corrected chi connectivity index (χ3v) is 3.99. The highest BCUT2D eigenvalue weighted by Crippen LogP contribution is 2.18. The standard InChI is InChI=1S/C19H20N4O/c1-13-4-5-17(14(2)8-13)19(24)21-11-15-9-16(12-20-10-15)18-6-7-22-23(18)3/h4-10,12H,11H2,1-3H3,(H,21,24). The van der Waals surface area contributed by atoms with E-state index in [0.717, 1.165) is 27.9 Å². The molecule has 0 fully saturated rings. The molecule has 0 atom stereocenters. The predicted molar refractivity (Wildman–Crippen MR) is 93.5 cm³/mol. The molecule has 5 nitrogen and oxygen atoms in total. The van der Waals surface area contributed by atoms with Gasteiger partial charge in [-0.05, 0) is 43.2 Å². The van der Waals surface area contributed by atoms with Crippen LogP contribution in [0.25, 0.3) is 11.3 Å². The van der Waals surface area contributed by atoms with Crippen LogP contribution in [0.3, 0.4) is 0 Å². The van der Waals surface area contributed by atoms with Crippen LogP contribution in [0.15, 0.2) is 48.9 Å². The maximum Gasteiger partial charge on any atom is 0.251 e. The van der Waals surface area contributed by atoms with E-state index in [2.05, 4.69) is 15.4 Å². The van der Waals surface area contributed by atoms with E-state index >= 15 is 0 Å². The fourth-order valence-corrected chi connectivity index (χ4v) is 2.73. The first-order valence-corrected chi connectivity index (χ1v) is 7.82. The van der Waals surface area contributed by atoms with Crippen LogP contribution in [0.1, 0.15) is 27.0 Å². The number of nitrogens with one attached hydrogen (secondary N) is 1. The third-order valence-electron chi connectivity index (χ3n) is 3.99. The first kappa shape index (κ1) is 15.9. The van der Waals surface area contributed by atoms with Crippen molar-refractivity contribution in [2.45, 2.75) is 20.4 Å². The summed E-state index contributed by atoms with van der Waals surface area (Å²) in [6.07, 6.45) is 5.32. The van der Waals surface area contributed by atoms with Gasteiger partial charge >= 0.3 is 0 Å². The SMILES string of the molecule is Cc1ccc(C(=O)NCc2cncc(-c3ccnn3C)c2)c(C)c1. The lowest BCUT2D eigenvalue weighted by Crippen LogP contribution is -2.23. The molecule has 5 heteroatoms. The smallest absolute Gasteiger partial charge is 0.251 e. The van der Waals surface area contributed by atoms with Crippen molar-refractivity contribution in [1.29, 1.82) is 0 Å². The monoisotopic (exact) mass is 320 g/mol. The molecule has 2 aromatic heterocycles. The lowest BCUT2D eigenvalue weighted by molar-refractivity contribution is 0.0950. The predicted octanol–water partition coefficient (Wildman–Crippen LogP) is 3.03.